The molecule has 106 valence electrons. The lowest BCUT2D eigenvalue weighted by atomic mass is 9.92. The molecule has 0 saturated carbocycles. The molecule has 2 heterocycles. The first-order chi connectivity index (χ1) is 9.83. The summed E-state index contributed by atoms with van der Waals surface area (Å²) in [6.07, 6.45) is 1.11. The first-order valence-corrected chi connectivity index (χ1v) is 8.18. The van der Waals surface area contributed by atoms with Crippen LogP contribution in [0.4, 0.5) is 0 Å². The summed E-state index contributed by atoms with van der Waals surface area (Å²) in [6, 6.07) is 13.3. The van der Waals surface area contributed by atoms with Crippen LogP contribution in [0.15, 0.2) is 36.4 Å². The van der Waals surface area contributed by atoms with Gasteiger partial charge in [0.05, 0.1) is 12.6 Å². The van der Waals surface area contributed by atoms with Crippen LogP contribution in [0.3, 0.4) is 0 Å². The maximum atomic E-state index is 5.86. The number of rotatable bonds is 5. The quantitative estimate of drug-likeness (QED) is 0.892. The highest BCUT2D eigenvalue weighted by Gasteiger charge is 2.32. The molecule has 3 rings (SSSR count). The SMILES string of the molecule is CCNC(c1ccc(CC)s1)C1COc2ccccc21. The first kappa shape index (κ1) is 13.7. The van der Waals surface area contributed by atoms with Gasteiger partial charge < -0.3 is 10.1 Å². The van der Waals surface area contributed by atoms with Crippen LogP contribution >= 0.6 is 11.3 Å². The molecule has 0 saturated heterocycles. The smallest absolute Gasteiger partial charge is 0.122 e. The minimum absolute atomic E-state index is 0.356. The van der Waals surface area contributed by atoms with Gasteiger partial charge in [-0.15, -0.1) is 11.3 Å². The summed E-state index contributed by atoms with van der Waals surface area (Å²) in [5.74, 6) is 1.46. The van der Waals surface area contributed by atoms with Crippen molar-refractivity contribution in [1.82, 2.24) is 5.32 Å². The predicted octanol–water partition coefficient (Wildman–Crippen LogP) is 4.14. The topological polar surface area (TPSA) is 21.3 Å². The molecule has 2 atom stereocenters. The van der Waals surface area contributed by atoms with E-state index in [9.17, 15) is 0 Å². The molecular weight excluding hydrogens is 266 g/mol. The van der Waals surface area contributed by atoms with Crippen LogP contribution in [0, 0.1) is 0 Å². The minimum Gasteiger partial charge on any atom is -0.493 e. The van der Waals surface area contributed by atoms with Crippen LogP contribution in [0.25, 0.3) is 0 Å². The van der Waals surface area contributed by atoms with E-state index >= 15 is 0 Å². The number of aryl methyl sites for hydroxylation is 1. The third-order valence-electron chi connectivity index (χ3n) is 3.90. The number of nitrogens with one attached hydrogen (secondary N) is 1. The summed E-state index contributed by atoms with van der Waals surface area (Å²) >= 11 is 1.92. The lowest BCUT2D eigenvalue weighted by Gasteiger charge is -2.22. The Labute approximate surface area is 124 Å². The Kier molecular flexibility index (Phi) is 4.08. The van der Waals surface area contributed by atoms with E-state index in [0.29, 0.717) is 12.0 Å². The minimum atomic E-state index is 0.356. The van der Waals surface area contributed by atoms with Crippen LogP contribution in [0.5, 0.6) is 5.75 Å². The van der Waals surface area contributed by atoms with Crippen LogP contribution in [0.1, 0.15) is 41.1 Å². The molecule has 2 nitrogen and oxygen atoms in total. The zero-order valence-electron chi connectivity index (χ0n) is 12.1. The highest BCUT2D eigenvalue weighted by atomic mass is 32.1. The van der Waals surface area contributed by atoms with E-state index in [2.05, 4.69) is 49.5 Å². The zero-order valence-corrected chi connectivity index (χ0v) is 12.9. The fraction of sp³-hybridized carbons (Fsp3) is 0.412. The van der Waals surface area contributed by atoms with Crippen molar-refractivity contribution in [1.29, 1.82) is 0 Å². The summed E-state index contributed by atoms with van der Waals surface area (Å²) < 4.78 is 5.86. The fourth-order valence-electron chi connectivity index (χ4n) is 2.88. The lowest BCUT2D eigenvalue weighted by Crippen LogP contribution is -2.27. The Balaban J connectivity index is 1.92. The molecule has 0 aliphatic carbocycles. The van der Waals surface area contributed by atoms with Gasteiger partial charge in [-0.1, -0.05) is 32.0 Å². The van der Waals surface area contributed by atoms with E-state index in [1.54, 1.807) is 0 Å². The van der Waals surface area contributed by atoms with Gasteiger partial charge in [0, 0.05) is 21.2 Å². The normalized spacial score (nSPS) is 18.6. The Hall–Kier alpha value is -1.32. The average molecular weight is 287 g/mol. The maximum Gasteiger partial charge on any atom is 0.122 e. The van der Waals surface area contributed by atoms with E-state index < -0.39 is 0 Å². The number of ether oxygens (including phenoxy) is 1. The second-order valence-corrected chi connectivity index (χ2v) is 6.35. The molecule has 0 radical (unpaired) electrons. The third-order valence-corrected chi connectivity index (χ3v) is 5.21. The van der Waals surface area contributed by atoms with E-state index in [4.69, 9.17) is 4.74 Å². The Bertz CT molecular complexity index is 578. The second kappa shape index (κ2) is 5.98. The molecular formula is C17H21NOS. The van der Waals surface area contributed by atoms with Crippen molar-refractivity contribution >= 4 is 11.3 Å². The second-order valence-electron chi connectivity index (χ2n) is 5.15. The van der Waals surface area contributed by atoms with Crippen molar-refractivity contribution in [2.75, 3.05) is 13.2 Å². The van der Waals surface area contributed by atoms with Crippen molar-refractivity contribution in [2.24, 2.45) is 0 Å². The van der Waals surface area contributed by atoms with Gasteiger partial charge in [0.2, 0.25) is 0 Å². The number of fused-ring (bicyclic) bond motifs is 1. The summed E-state index contributed by atoms with van der Waals surface area (Å²) in [5, 5.41) is 3.65. The molecule has 1 aromatic heterocycles. The van der Waals surface area contributed by atoms with Gasteiger partial charge in [-0.3, -0.25) is 0 Å². The van der Waals surface area contributed by atoms with Gasteiger partial charge >= 0.3 is 0 Å². The number of likely N-dealkylation sites (N-methyl/N-ethyl adjacent to an activating group) is 1. The maximum absolute atomic E-state index is 5.86. The average Bonchev–Trinajstić information content (AvgIpc) is 3.12. The molecule has 20 heavy (non-hydrogen) atoms. The molecule has 0 spiro atoms. The van der Waals surface area contributed by atoms with Crippen LogP contribution in [-0.2, 0) is 6.42 Å². The Morgan fingerprint density at radius 1 is 1.25 bits per heavy atom. The highest BCUT2D eigenvalue weighted by Crippen LogP contribution is 2.42. The van der Waals surface area contributed by atoms with Gasteiger partial charge in [0.25, 0.3) is 0 Å². The fourth-order valence-corrected chi connectivity index (χ4v) is 3.97. The first-order valence-electron chi connectivity index (χ1n) is 7.37. The molecule has 1 aliphatic rings. The van der Waals surface area contributed by atoms with Crippen LogP contribution < -0.4 is 10.1 Å². The number of hydrogen-bond donors (Lipinski definition) is 1. The van der Waals surface area contributed by atoms with E-state index in [0.717, 1.165) is 25.3 Å². The molecule has 1 aliphatic heterocycles. The van der Waals surface area contributed by atoms with Crippen molar-refractivity contribution in [3.63, 3.8) is 0 Å². The Morgan fingerprint density at radius 3 is 2.85 bits per heavy atom. The summed E-state index contributed by atoms with van der Waals surface area (Å²) in [6.45, 7) is 6.13. The van der Waals surface area contributed by atoms with Crippen LogP contribution in [0.2, 0.25) is 0 Å². The van der Waals surface area contributed by atoms with Crippen molar-refractivity contribution < 1.29 is 4.74 Å². The summed E-state index contributed by atoms with van der Waals surface area (Å²) in [7, 11) is 0. The van der Waals surface area contributed by atoms with Gasteiger partial charge in [-0.2, -0.15) is 0 Å². The van der Waals surface area contributed by atoms with Crippen molar-refractivity contribution in [3.8, 4) is 5.75 Å². The van der Waals surface area contributed by atoms with Gasteiger partial charge in [0.1, 0.15) is 5.75 Å². The molecule has 0 amide bonds. The Morgan fingerprint density at radius 2 is 2.10 bits per heavy atom. The van der Waals surface area contributed by atoms with Crippen molar-refractivity contribution in [2.45, 2.75) is 32.2 Å². The van der Waals surface area contributed by atoms with E-state index in [1.165, 1.54) is 15.3 Å². The molecule has 2 unspecified atom stereocenters. The number of thiophene rings is 1. The third kappa shape index (κ3) is 2.48. The van der Waals surface area contributed by atoms with E-state index in [-0.39, 0.29) is 0 Å². The van der Waals surface area contributed by atoms with Crippen molar-refractivity contribution in [3.05, 3.63) is 51.7 Å². The molecule has 0 fully saturated rings. The van der Waals surface area contributed by atoms with Gasteiger partial charge in [-0.25, -0.2) is 0 Å². The lowest BCUT2D eigenvalue weighted by molar-refractivity contribution is 0.302. The number of benzene rings is 1. The molecule has 1 N–H and O–H groups in total. The van der Waals surface area contributed by atoms with Crippen LogP contribution in [-0.4, -0.2) is 13.2 Å². The monoisotopic (exact) mass is 287 g/mol. The molecule has 3 heteroatoms. The van der Waals surface area contributed by atoms with E-state index in [1.807, 2.05) is 17.4 Å². The standard InChI is InChI=1S/C17H21NOS/c1-3-12-9-10-16(20-12)17(18-4-2)14-11-19-15-8-6-5-7-13(14)15/h5-10,14,17-18H,3-4,11H2,1-2H3. The van der Waals surface area contributed by atoms with Gasteiger partial charge in [-0.05, 0) is 31.2 Å². The summed E-state index contributed by atoms with van der Waals surface area (Å²) in [4.78, 5) is 2.88. The van der Waals surface area contributed by atoms with Gasteiger partial charge in [0.15, 0.2) is 0 Å². The predicted molar refractivity (Wildman–Crippen MR) is 84.8 cm³/mol. The number of hydrogen-bond acceptors (Lipinski definition) is 3. The molecule has 0 bridgehead atoms. The molecule has 2 aromatic rings. The zero-order chi connectivity index (χ0) is 13.9. The summed E-state index contributed by atoms with van der Waals surface area (Å²) in [5.41, 5.74) is 1.34. The number of para-hydroxylation sites is 1. The largest absolute Gasteiger partial charge is 0.493 e. The highest BCUT2D eigenvalue weighted by molar-refractivity contribution is 7.12. The molecule has 1 aromatic carbocycles.